The zero-order valence-electron chi connectivity index (χ0n) is 17.7. The van der Waals surface area contributed by atoms with Crippen LogP contribution in [0.3, 0.4) is 0 Å². The predicted molar refractivity (Wildman–Crippen MR) is 114 cm³/mol. The fourth-order valence-electron chi connectivity index (χ4n) is 4.06. The molecule has 1 fully saturated rings. The summed E-state index contributed by atoms with van der Waals surface area (Å²) >= 11 is 0. The molecule has 10 heteroatoms. The van der Waals surface area contributed by atoms with Gasteiger partial charge in [-0.2, -0.15) is 4.98 Å². The first-order chi connectivity index (χ1) is 15.9. The van der Waals surface area contributed by atoms with Gasteiger partial charge in [-0.3, -0.25) is 19.7 Å². The molecule has 3 heterocycles. The zero-order chi connectivity index (χ0) is 23.1. The van der Waals surface area contributed by atoms with Gasteiger partial charge >= 0.3 is 6.01 Å². The molecule has 3 aromatic rings. The van der Waals surface area contributed by atoms with Crippen molar-refractivity contribution in [2.45, 2.75) is 38.9 Å². The monoisotopic (exact) mass is 449 g/mol. The summed E-state index contributed by atoms with van der Waals surface area (Å²) in [5.41, 5.74) is 3.29. The number of carbonyl (C=O) groups excluding carboxylic acids is 3. The van der Waals surface area contributed by atoms with Crippen LogP contribution in [0.2, 0.25) is 0 Å². The van der Waals surface area contributed by atoms with E-state index in [1.807, 2.05) is 12.1 Å². The third kappa shape index (κ3) is 3.95. The molecule has 0 aliphatic carbocycles. The number of halogens is 1. The van der Waals surface area contributed by atoms with Gasteiger partial charge in [0.15, 0.2) is 0 Å². The van der Waals surface area contributed by atoms with Crippen LogP contribution in [0.25, 0.3) is 11.4 Å². The van der Waals surface area contributed by atoms with Crippen LogP contribution in [-0.2, 0) is 22.7 Å². The van der Waals surface area contributed by atoms with Gasteiger partial charge < -0.3 is 14.7 Å². The highest BCUT2D eigenvalue weighted by Crippen LogP contribution is 2.28. The summed E-state index contributed by atoms with van der Waals surface area (Å²) in [5, 5.41) is 9.21. The van der Waals surface area contributed by atoms with Crippen molar-refractivity contribution < 1.29 is 23.3 Å². The first-order valence-corrected chi connectivity index (χ1v) is 10.5. The molecular weight excluding hydrogens is 429 g/mol. The average Bonchev–Trinajstić information content (AvgIpc) is 3.39. The Balaban J connectivity index is 1.26. The lowest BCUT2D eigenvalue weighted by atomic mass is 10.0. The number of piperidine rings is 1. The average molecular weight is 449 g/mol. The molecule has 2 aromatic carbocycles. The topological polar surface area (TPSA) is 117 Å². The van der Waals surface area contributed by atoms with Crippen LogP contribution >= 0.6 is 0 Å². The Labute approximate surface area is 188 Å². The number of hydrogen-bond acceptors (Lipinski definition) is 7. The van der Waals surface area contributed by atoms with Crippen LogP contribution in [0, 0.1) is 12.7 Å². The lowest BCUT2D eigenvalue weighted by Crippen LogP contribution is -2.52. The molecule has 3 amide bonds. The Morgan fingerprint density at radius 1 is 1.21 bits per heavy atom. The summed E-state index contributed by atoms with van der Waals surface area (Å²) in [6.45, 7) is 2.35. The van der Waals surface area contributed by atoms with Crippen LogP contribution in [0.1, 0.15) is 39.9 Å². The third-order valence-corrected chi connectivity index (χ3v) is 5.89. The largest absolute Gasteiger partial charge is 0.334 e. The molecule has 5 rings (SSSR count). The van der Waals surface area contributed by atoms with Gasteiger partial charge in [0.05, 0.1) is 0 Å². The third-order valence-electron chi connectivity index (χ3n) is 5.89. The first kappa shape index (κ1) is 20.8. The number of benzene rings is 2. The van der Waals surface area contributed by atoms with Crippen LogP contribution in [0.4, 0.5) is 10.4 Å². The summed E-state index contributed by atoms with van der Waals surface area (Å²) in [7, 11) is 0. The molecule has 0 saturated carbocycles. The number of amides is 3. The highest BCUT2D eigenvalue weighted by molar-refractivity contribution is 6.05. The van der Waals surface area contributed by atoms with Gasteiger partial charge in [-0.05, 0) is 42.2 Å². The minimum atomic E-state index is -0.646. The van der Waals surface area contributed by atoms with E-state index in [1.165, 1.54) is 11.0 Å². The molecule has 9 nitrogen and oxygen atoms in total. The Morgan fingerprint density at radius 2 is 2.06 bits per heavy atom. The van der Waals surface area contributed by atoms with Crippen LogP contribution < -0.4 is 10.6 Å². The quantitative estimate of drug-likeness (QED) is 0.575. The number of nitrogens with one attached hydrogen (secondary N) is 2. The summed E-state index contributed by atoms with van der Waals surface area (Å²) in [6, 6.07) is 9.70. The van der Waals surface area contributed by atoms with E-state index in [1.54, 1.807) is 25.1 Å². The second-order valence-corrected chi connectivity index (χ2v) is 8.13. The lowest BCUT2D eigenvalue weighted by molar-refractivity contribution is -0.136. The number of imide groups is 1. The molecule has 1 aromatic heterocycles. The molecule has 1 unspecified atom stereocenters. The summed E-state index contributed by atoms with van der Waals surface area (Å²) in [5.74, 6) is -1.03. The summed E-state index contributed by atoms with van der Waals surface area (Å²) < 4.78 is 19.0. The van der Waals surface area contributed by atoms with Gasteiger partial charge in [-0.15, -0.1) is 0 Å². The standard InChI is InChI=1S/C23H20FN5O4/c1-12-2-4-14(9-17(12)24)20-27-23(33-28-20)25-10-13-3-5-16-15(8-13)11-29(22(16)32)18-6-7-19(30)26-21(18)31/h2-5,8-9,18H,6-7,10-11H2,1H3,(H,25,27,28)(H,26,30,31). The van der Waals surface area contributed by atoms with Crippen LogP contribution in [0.5, 0.6) is 0 Å². The lowest BCUT2D eigenvalue weighted by Gasteiger charge is -2.29. The molecule has 0 spiro atoms. The number of rotatable bonds is 5. The predicted octanol–water partition coefficient (Wildman–Crippen LogP) is 2.56. The molecule has 0 radical (unpaired) electrons. The summed E-state index contributed by atoms with van der Waals surface area (Å²) in [4.78, 5) is 42.1. The molecule has 168 valence electrons. The maximum atomic E-state index is 13.8. The van der Waals surface area contributed by atoms with Gasteiger partial charge in [0.25, 0.3) is 5.91 Å². The van der Waals surface area contributed by atoms with Gasteiger partial charge in [-0.1, -0.05) is 29.4 Å². The number of fused-ring (bicyclic) bond motifs is 1. The van der Waals surface area contributed by atoms with E-state index in [9.17, 15) is 18.8 Å². The van der Waals surface area contributed by atoms with Crippen molar-refractivity contribution >= 4 is 23.7 Å². The highest BCUT2D eigenvalue weighted by atomic mass is 19.1. The molecule has 2 aliphatic rings. The van der Waals surface area contributed by atoms with Crippen molar-refractivity contribution in [1.29, 1.82) is 0 Å². The van der Waals surface area contributed by atoms with Crippen molar-refractivity contribution in [3.63, 3.8) is 0 Å². The van der Waals surface area contributed by atoms with E-state index >= 15 is 0 Å². The Morgan fingerprint density at radius 3 is 2.85 bits per heavy atom. The fraction of sp³-hybridized carbons (Fsp3) is 0.261. The van der Waals surface area contributed by atoms with Crippen LogP contribution in [-0.4, -0.2) is 38.8 Å². The normalized spacial score (nSPS) is 17.8. The van der Waals surface area contributed by atoms with Crippen molar-refractivity contribution in [3.05, 3.63) is 64.5 Å². The number of aromatic nitrogens is 2. The highest BCUT2D eigenvalue weighted by Gasteiger charge is 2.39. The number of aryl methyl sites for hydroxylation is 1. The van der Waals surface area contributed by atoms with E-state index in [-0.39, 0.29) is 35.9 Å². The van der Waals surface area contributed by atoms with Crippen molar-refractivity contribution in [3.8, 4) is 11.4 Å². The maximum Gasteiger partial charge on any atom is 0.322 e. The Hall–Kier alpha value is -4.08. The first-order valence-electron chi connectivity index (χ1n) is 10.5. The van der Waals surface area contributed by atoms with Crippen molar-refractivity contribution in [2.24, 2.45) is 0 Å². The van der Waals surface area contributed by atoms with Crippen molar-refractivity contribution in [1.82, 2.24) is 20.4 Å². The molecule has 2 aliphatic heterocycles. The van der Waals surface area contributed by atoms with Crippen LogP contribution in [0.15, 0.2) is 40.9 Å². The number of carbonyl (C=O) groups is 3. The Bertz CT molecular complexity index is 1290. The second kappa shape index (κ2) is 8.12. The van der Waals surface area contributed by atoms with E-state index in [4.69, 9.17) is 4.52 Å². The van der Waals surface area contributed by atoms with Gasteiger partial charge in [0.1, 0.15) is 11.9 Å². The molecule has 2 N–H and O–H groups in total. The zero-order valence-corrected chi connectivity index (χ0v) is 17.7. The number of anilines is 1. The molecule has 33 heavy (non-hydrogen) atoms. The SMILES string of the molecule is Cc1ccc(-c2noc(NCc3ccc4c(c3)CN(C3CCC(=O)NC3=O)C4=O)n2)cc1F. The molecular formula is C23H20FN5O4. The molecule has 0 bridgehead atoms. The van der Waals surface area contributed by atoms with Gasteiger partial charge in [0.2, 0.25) is 17.6 Å². The summed E-state index contributed by atoms with van der Waals surface area (Å²) in [6.07, 6.45) is 0.538. The van der Waals surface area contributed by atoms with E-state index < -0.39 is 11.9 Å². The smallest absolute Gasteiger partial charge is 0.322 e. The maximum absolute atomic E-state index is 13.8. The molecule has 1 atom stereocenters. The van der Waals surface area contributed by atoms with E-state index in [0.29, 0.717) is 36.2 Å². The van der Waals surface area contributed by atoms with E-state index in [0.717, 1.165) is 11.1 Å². The number of hydrogen-bond donors (Lipinski definition) is 2. The second-order valence-electron chi connectivity index (χ2n) is 8.13. The number of nitrogens with zero attached hydrogens (tertiary/aromatic N) is 3. The van der Waals surface area contributed by atoms with E-state index in [2.05, 4.69) is 20.8 Å². The van der Waals surface area contributed by atoms with Gasteiger partial charge in [-0.25, -0.2) is 4.39 Å². The van der Waals surface area contributed by atoms with Gasteiger partial charge in [0, 0.05) is 30.6 Å². The minimum Gasteiger partial charge on any atom is -0.334 e. The fourth-order valence-corrected chi connectivity index (χ4v) is 4.06. The molecule has 1 saturated heterocycles. The minimum absolute atomic E-state index is 0.188. The van der Waals surface area contributed by atoms with Crippen molar-refractivity contribution in [2.75, 3.05) is 5.32 Å². The Kier molecular flexibility index (Phi) is 5.12.